The van der Waals surface area contributed by atoms with E-state index in [2.05, 4.69) is 6.07 Å². The first kappa shape index (κ1) is 15.1. The summed E-state index contributed by atoms with van der Waals surface area (Å²) in [6.45, 7) is 8.02. The molecule has 0 spiro atoms. The summed E-state index contributed by atoms with van der Waals surface area (Å²) in [5, 5.41) is 0. The highest BCUT2D eigenvalue weighted by molar-refractivity contribution is 6.13. The van der Waals surface area contributed by atoms with Crippen molar-refractivity contribution < 1.29 is 9.53 Å². The van der Waals surface area contributed by atoms with Crippen molar-refractivity contribution in [2.24, 2.45) is 0 Å². The van der Waals surface area contributed by atoms with Crippen LogP contribution in [-0.4, -0.2) is 12.9 Å². The number of hydrogen-bond donors (Lipinski definition) is 1. The molecule has 3 nitrogen and oxygen atoms in total. The van der Waals surface area contributed by atoms with Gasteiger partial charge in [-0.25, -0.2) is 0 Å². The van der Waals surface area contributed by atoms with Gasteiger partial charge in [0.2, 0.25) is 0 Å². The van der Waals surface area contributed by atoms with E-state index in [4.69, 9.17) is 10.5 Å². The Morgan fingerprint density at radius 3 is 2.10 bits per heavy atom. The molecule has 0 saturated heterocycles. The number of methoxy groups -OCH3 is 1. The fraction of sp³-hybridized carbons (Fsp3) is 0.278. The molecule has 21 heavy (non-hydrogen) atoms. The van der Waals surface area contributed by atoms with E-state index < -0.39 is 0 Å². The summed E-state index contributed by atoms with van der Waals surface area (Å²) < 4.78 is 5.31. The Bertz CT molecular complexity index is 691. The highest BCUT2D eigenvalue weighted by Gasteiger charge is 2.20. The third kappa shape index (κ3) is 2.64. The summed E-state index contributed by atoms with van der Waals surface area (Å²) in [7, 11) is 1.55. The van der Waals surface area contributed by atoms with Crippen LogP contribution < -0.4 is 10.5 Å². The molecule has 0 atom stereocenters. The van der Waals surface area contributed by atoms with Crippen molar-refractivity contribution in [1.29, 1.82) is 0 Å². The molecule has 3 heteroatoms. The van der Waals surface area contributed by atoms with Crippen LogP contribution in [0.5, 0.6) is 5.75 Å². The molecule has 0 aliphatic heterocycles. The second-order valence-electron chi connectivity index (χ2n) is 5.42. The molecule has 0 aliphatic carbocycles. The van der Waals surface area contributed by atoms with Crippen molar-refractivity contribution in [2.45, 2.75) is 27.7 Å². The number of carbonyl (C=O) groups is 1. The molecule has 0 amide bonds. The number of ether oxygens (including phenoxy) is 1. The third-order valence-corrected chi connectivity index (χ3v) is 4.06. The summed E-state index contributed by atoms with van der Waals surface area (Å²) >= 11 is 0. The third-order valence-electron chi connectivity index (χ3n) is 4.06. The molecule has 0 fully saturated rings. The van der Waals surface area contributed by atoms with Crippen molar-refractivity contribution in [2.75, 3.05) is 12.8 Å². The number of nitrogen functional groups attached to an aromatic ring is 1. The fourth-order valence-corrected chi connectivity index (χ4v) is 2.59. The van der Waals surface area contributed by atoms with E-state index in [9.17, 15) is 4.79 Å². The van der Waals surface area contributed by atoms with Crippen LogP contribution in [0.3, 0.4) is 0 Å². The van der Waals surface area contributed by atoms with Gasteiger partial charge < -0.3 is 10.5 Å². The number of rotatable bonds is 3. The Morgan fingerprint density at radius 2 is 1.57 bits per heavy atom. The van der Waals surface area contributed by atoms with Gasteiger partial charge in [-0.3, -0.25) is 4.79 Å². The van der Waals surface area contributed by atoms with Gasteiger partial charge in [0.25, 0.3) is 0 Å². The average molecular weight is 283 g/mol. The highest BCUT2D eigenvalue weighted by Crippen LogP contribution is 2.29. The number of benzene rings is 2. The molecule has 110 valence electrons. The van der Waals surface area contributed by atoms with Crippen LogP contribution in [-0.2, 0) is 0 Å². The first-order valence-corrected chi connectivity index (χ1v) is 6.92. The van der Waals surface area contributed by atoms with Crippen molar-refractivity contribution in [3.63, 3.8) is 0 Å². The van der Waals surface area contributed by atoms with E-state index >= 15 is 0 Å². The number of hydrogen-bond acceptors (Lipinski definition) is 3. The molecular weight excluding hydrogens is 262 g/mol. The SMILES string of the molecule is COc1cc(N)ccc1C(=O)c1c(C)c(C)cc(C)c1C. The first-order valence-electron chi connectivity index (χ1n) is 6.92. The quantitative estimate of drug-likeness (QED) is 0.689. The van der Waals surface area contributed by atoms with E-state index in [0.717, 1.165) is 27.8 Å². The lowest BCUT2D eigenvalue weighted by Gasteiger charge is -2.16. The Balaban J connectivity index is 2.66. The molecule has 0 radical (unpaired) electrons. The Hall–Kier alpha value is -2.29. The maximum absolute atomic E-state index is 13.0. The van der Waals surface area contributed by atoms with E-state index in [0.29, 0.717) is 17.0 Å². The number of anilines is 1. The predicted octanol–water partition coefficient (Wildman–Crippen LogP) is 3.74. The molecule has 0 aliphatic rings. The molecule has 2 rings (SSSR count). The second kappa shape index (κ2) is 5.60. The minimum atomic E-state index is -0.0198. The van der Waals surface area contributed by atoms with Crippen molar-refractivity contribution in [3.8, 4) is 5.75 Å². The minimum Gasteiger partial charge on any atom is -0.496 e. The van der Waals surface area contributed by atoms with E-state index in [1.165, 1.54) is 0 Å². The van der Waals surface area contributed by atoms with Crippen LogP contribution in [0.2, 0.25) is 0 Å². The van der Waals surface area contributed by atoms with Gasteiger partial charge in [-0.2, -0.15) is 0 Å². The summed E-state index contributed by atoms with van der Waals surface area (Å²) in [6, 6.07) is 7.25. The maximum Gasteiger partial charge on any atom is 0.197 e. The van der Waals surface area contributed by atoms with Crippen LogP contribution in [0.25, 0.3) is 0 Å². The summed E-state index contributed by atoms with van der Waals surface area (Å²) in [5.41, 5.74) is 11.9. The molecule has 0 saturated carbocycles. The van der Waals surface area contributed by atoms with E-state index in [-0.39, 0.29) is 5.78 Å². The van der Waals surface area contributed by atoms with E-state index in [1.54, 1.807) is 25.3 Å². The van der Waals surface area contributed by atoms with Gasteiger partial charge in [-0.1, -0.05) is 6.07 Å². The average Bonchev–Trinajstić information content (AvgIpc) is 2.45. The molecule has 2 aromatic carbocycles. The van der Waals surface area contributed by atoms with Crippen LogP contribution in [0.15, 0.2) is 24.3 Å². The van der Waals surface area contributed by atoms with Gasteiger partial charge in [0.1, 0.15) is 5.75 Å². The lowest BCUT2D eigenvalue weighted by atomic mass is 9.89. The fourth-order valence-electron chi connectivity index (χ4n) is 2.59. The molecule has 0 heterocycles. The van der Waals surface area contributed by atoms with Gasteiger partial charge in [0, 0.05) is 17.3 Å². The van der Waals surface area contributed by atoms with Crippen LogP contribution in [0.4, 0.5) is 5.69 Å². The topological polar surface area (TPSA) is 52.3 Å². The Kier molecular flexibility index (Phi) is 4.03. The number of carbonyl (C=O) groups excluding carboxylic acids is 1. The monoisotopic (exact) mass is 283 g/mol. The van der Waals surface area contributed by atoms with Crippen molar-refractivity contribution >= 4 is 11.5 Å². The van der Waals surface area contributed by atoms with Gasteiger partial charge in [-0.15, -0.1) is 0 Å². The number of ketones is 1. The van der Waals surface area contributed by atoms with Gasteiger partial charge in [0.05, 0.1) is 12.7 Å². The van der Waals surface area contributed by atoms with Gasteiger partial charge in [0.15, 0.2) is 5.78 Å². The van der Waals surface area contributed by atoms with Crippen molar-refractivity contribution in [1.82, 2.24) is 0 Å². The zero-order valence-corrected chi connectivity index (χ0v) is 13.2. The summed E-state index contributed by atoms with van der Waals surface area (Å²) in [6.07, 6.45) is 0. The molecule has 0 unspecified atom stereocenters. The molecular formula is C18H21NO2. The van der Waals surface area contributed by atoms with Gasteiger partial charge >= 0.3 is 0 Å². The van der Waals surface area contributed by atoms with Gasteiger partial charge in [-0.05, 0) is 62.1 Å². The largest absolute Gasteiger partial charge is 0.496 e. The molecule has 0 aromatic heterocycles. The van der Waals surface area contributed by atoms with Crippen LogP contribution in [0.1, 0.15) is 38.2 Å². The van der Waals surface area contributed by atoms with E-state index in [1.807, 2.05) is 27.7 Å². The summed E-state index contributed by atoms with van der Waals surface area (Å²) in [5.74, 6) is 0.492. The zero-order chi connectivity index (χ0) is 15.7. The zero-order valence-electron chi connectivity index (χ0n) is 13.2. The standard InChI is InChI=1S/C18H21NO2/c1-10-8-11(2)13(4)17(12(10)3)18(20)15-7-6-14(19)9-16(15)21-5/h6-9H,19H2,1-5H3. The van der Waals surface area contributed by atoms with Crippen LogP contribution >= 0.6 is 0 Å². The van der Waals surface area contributed by atoms with Crippen LogP contribution in [0, 0.1) is 27.7 Å². The predicted molar refractivity (Wildman–Crippen MR) is 86.2 cm³/mol. The normalized spacial score (nSPS) is 10.5. The molecule has 0 bridgehead atoms. The van der Waals surface area contributed by atoms with Crippen molar-refractivity contribution in [3.05, 3.63) is 57.6 Å². The maximum atomic E-state index is 13.0. The molecule has 2 N–H and O–H groups in total. The summed E-state index contributed by atoms with van der Waals surface area (Å²) in [4.78, 5) is 13.0. The number of nitrogens with two attached hydrogens (primary N) is 1. The second-order valence-corrected chi connectivity index (χ2v) is 5.42. The molecule has 2 aromatic rings. The Morgan fingerprint density at radius 1 is 1.00 bits per heavy atom. The lowest BCUT2D eigenvalue weighted by molar-refractivity contribution is 0.103. The Labute approximate surface area is 125 Å². The lowest BCUT2D eigenvalue weighted by Crippen LogP contribution is -2.10. The minimum absolute atomic E-state index is 0.0198. The number of aryl methyl sites for hydroxylation is 2. The smallest absolute Gasteiger partial charge is 0.197 e. The first-order chi connectivity index (χ1) is 9.86. The highest BCUT2D eigenvalue weighted by atomic mass is 16.5.